The number of hydrogen-bond donors (Lipinski definition) is 0. The van der Waals surface area contributed by atoms with Crippen LogP contribution in [0.5, 0.6) is 0 Å². The highest BCUT2D eigenvalue weighted by atomic mass is 16.6. The second kappa shape index (κ2) is 6.67. The summed E-state index contributed by atoms with van der Waals surface area (Å²) >= 11 is 0. The molecule has 3 rings (SSSR count). The number of rotatable bonds is 4. The number of morpholine rings is 1. The van der Waals surface area contributed by atoms with Crippen LogP contribution < -0.4 is 4.90 Å². The van der Waals surface area contributed by atoms with Gasteiger partial charge in [0.05, 0.1) is 25.2 Å². The van der Waals surface area contributed by atoms with E-state index in [4.69, 9.17) is 14.0 Å². The van der Waals surface area contributed by atoms with Crippen molar-refractivity contribution in [3.63, 3.8) is 0 Å². The van der Waals surface area contributed by atoms with Crippen molar-refractivity contribution < 1.29 is 23.7 Å². The van der Waals surface area contributed by atoms with Crippen LogP contribution in [0.1, 0.15) is 10.4 Å². The Kier molecular flexibility index (Phi) is 4.43. The Hall–Kier alpha value is -2.94. The number of hydrogen-bond acceptors (Lipinski definition) is 8. The highest BCUT2D eigenvalue weighted by molar-refractivity contribution is 6.00. The van der Waals surface area contributed by atoms with Crippen LogP contribution in [0.3, 0.4) is 0 Å². The van der Waals surface area contributed by atoms with Gasteiger partial charge in [0.15, 0.2) is 17.1 Å². The molecule has 9 nitrogen and oxygen atoms in total. The number of esters is 1. The first-order valence-corrected chi connectivity index (χ1v) is 7.27. The molecule has 1 saturated heterocycles. The lowest BCUT2D eigenvalue weighted by Gasteiger charge is -2.26. The Bertz CT molecular complexity index is 749. The van der Waals surface area contributed by atoms with Gasteiger partial charge < -0.3 is 18.9 Å². The Morgan fingerprint density at radius 3 is 2.54 bits per heavy atom. The quantitative estimate of drug-likeness (QED) is 0.474. The third-order valence-electron chi connectivity index (χ3n) is 3.71. The molecular formula is C15H15N3O6. The minimum Gasteiger partial charge on any atom is -0.465 e. The van der Waals surface area contributed by atoms with Gasteiger partial charge in [0.1, 0.15) is 0 Å². The van der Waals surface area contributed by atoms with Gasteiger partial charge in [-0.2, -0.15) is 0 Å². The standard InChI is InChI=1S/C15H15N3O6/c1-22-15(19)12-13(10-2-4-11(5-3-10)18(20)21)24-16-14(12)17-6-8-23-9-7-17/h2-5H,6-9H2,1H3. The molecule has 1 aliphatic heterocycles. The summed E-state index contributed by atoms with van der Waals surface area (Å²) in [4.78, 5) is 24.4. The molecule has 0 aliphatic carbocycles. The van der Waals surface area contributed by atoms with Gasteiger partial charge in [0.25, 0.3) is 5.69 Å². The molecule has 0 saturated carbocycles. The first-order valence-electron chi connectivity index (χ1n) is 7.27. The highest BCUT2D eigenvalue weighted by Crippen LogP contribution is 2.33. The number of anilines is 1. The lowest BCUT2D eigenvalue weighted by molar-refractivity contribution is -0.384. The van der Waals surface area contributed by atoms with E-state index in [1.54, 1.807) is 0 Å². The smallest absolute Gasteiger partial charge is 0.345 e. The van der Waals surface area contributed by atoms with Gasteiger partial charge in [0.2, 0.25) is 0 Å². The van der Waals surface area contributed by atoms with Gasteiger partial charge in [-0.1, -0.05) is 5.16 Å². The van der Waals surface area contributed by atoms with Gasteiger partial charge in [-0.25, -0.2) is 4.79 Å². The maximum atomic E-state index is 12.2. The Balaban J connectivity index is 2.02. The number of non-ortho nitro benzene ring substituents is 1. The Morgan fingerprint density at radius 1 is 1.29 bits per heavy atom. The number of benzene rings is 1. The van der Waals surface area contributed by atoms with Gasteiger partial charge in [-0.05, 0) is 12.1 Å². The zero-order chi connectivity index (χ0) is 17.1. The zero-order valence-electron chi connectivity index (χ0n) is 12.9. The largest absolute Gasteiger partial charge is 0.465 e. The van der Waals surface area contributed by atoms with E-state index in [9.17, 15) is 14.9 Å². The van der Waals surface area contributed by atoms with E-state index in [-0.39, 0.29) is 17.0 Å². The normalized spacial score (nSPS) is 14.5. The molecule has 1 aliphatic rings. The molecule has 2 aromatic rings. The summed E-state index contributed by atoms with van der Waals surface area (Å²) in [6.07, 6.45) is 0. The van der Waals surface area contributed by atoms with Crippen LogP contribution >= 0.6 is 0 Å². The molecule has 1 fully saturated rings. The first-order chi connectivity index (χ1) is 11.6. The number of nitro groups is 1. The van der Waals surface area contributed by atoms with Crippen molar-refractivity contribution in [2.24, 2.45) is 0 Å². The van der Waals surface area contributed by atoms with E-state index in [0.29, 0.717) is 37.7 Å². The van der Waals surface area contributed by atoms with Crippen molar-refractivity contribution in [1.29, 1.82) is 0 Å². The molecule has 1 aromatic heterocycles. The van der Waals surface area contributed by atoms with Crippen molar-refractivity contribution in [1.82, 2.24) is 5.16 Å². The van der Waals surface area contributed by atoms with E-state index in [1.165, 1.54) is 31.4 Å². The van der Waals surface area contributed by atoms with Crippen molar-refractivity contribution in [2.75, 3.05) is 38.3 Å². The maximum absolute atomic E-state index is 12.2. The number of ether oxygens (including phenoxy) is 2. The second-order valence-electron chi connectivity index (χ2n) is 5.11. The number of methoxy groups -OCH3 is 1. The number of nitrogens with zero attached hydrogens (tertiary/aromatic N) is 3. The Morgan fingerprint density at radius 2 is 1.96 bits per heavy atom. The molecule has 0 atom stereocenters. The molecule has 0 bridgehead atoms. The van der Waals surface area contributed by atoms with Crippen LogP contribution in [0.4, 0.5) is 11.5 Å². The molecule has 126 valence electrons. The minimum absolute atomic E-state index is 0.0497. The minimum atomic E-state index is -0.578. The van der Waals surface area contributed by atoms with Gasteiger partial charge >= 0.3 is 5.97 Å². The van der Waals surface area contributed by atoms with E-state index in [2.05, 4.69) is 5.16 Å². The molecule has 9 heteroatoms. The van der Waals surface area contributed by atoms with Gasteiger partial charge in [0, 0.05) is 30.8 Å². The summed E-state index contributed by atoms with van der Waals surface area (Å²) in [6.45, 7) is 2.22. The molecule has 1 aromatic carbocycles. The third kappa shape index (κ3) is 2.93. The first kappa shape index (κ1) is 15.9. The predicted molar refractivity (Wildman–Crippen MR) is 83.0 cm³/mol. The summed E-state index contributed by atoms with van der Waals surface area (Å²) < 4.78 is 15.5. The molecule has 0 radical (unpaired) electrons. The monoisotopic (exact) mass is 333 g/mol. The van der Waals surface area contributed by atoms with E-state index in [1.807, 2.05) is 4.90 Å². The fourth-order valence-corrected chi connectivity index (χ4v) is 2.49. The van der Waals surface area contributed by atoms with Crippen molar-refractivity contribution in [3.05, 3.63) is 39.9 Å². The van der Waals surface area contributed by atoms with Crippen molar-refractivity contribution in [3.8, 4) is 11.3 Å². The lowest BCUT2D eigenvalue weighted by atomic mass is 10.1. The van der Waals surface area contributed by atoms with Gasteiger partial charge in [-0.3, -0.25) is 10.1 Å². The van der Waals surface area contributed by atoms with Crippen LogP contribution in [0.15, 0.2) is 28.8 Å². The molecule has 0 unspecified atom stereocenters. The van der Waals surface area contributed by atoms with Gasteiger partial charge in [-0.15, -0.1) is 0 Å². The summed E-state index contributed by atoms with van der Waals surface area (Å²) in [5.41, 5.74) is 0.660. The summed E-state index contributed by atoms with van der Waals surface area (Å²) in [7, 11) is 1.28. The maximum Gasteiger partial charge on any atom is 0.345 e. The highest BCUT2D eigenvalue weighted by Gasteiger charge is 2.29. The fourth-order valence-electron chi connectivity index (χ4n) is 2.49. The topological polar surface area (TPSA) is 108 Å². The lowest BCUT2D eigenvalue weighted by Crippen LogP contribution is -2.37. The number of carbonyl (C=O) groups excluding carboxylic acids is 1. The molecule has 0 spiro atoms. The SMILES string of the molecule is COC(=O)c1c(N2CCOCC2)noc1-c1ccc([N+](=O)[O-])cc1. The predicted octanol–water partition coefficient (Wildman–Crippen LogP) is 1.87. The molecule has 0 N–H and O–H groups in total. The van der Waals surface area contributed by atoms with Crippen LogP contribution in [0, 0.1) is 10.1 Å². The third-order valence-corrected chi connectivity index (χ3v) is 3.71. The summed E-state index contributed by atoms with van der Waals surface area (Å²) in [5, 5.41) is 14.8. The second-order valence-corrected chi connectivity index (χ2v) is 5.11. The number of aromatic nitrogens is 1. The number of nitro benzene ring substituents is 1. The molecule has 24 heavy (non-hydrogen) atoms. The summed E-state index contributed by atoms with van der Waals surface area (Å²) in [6, 6.07) is 5.70. The van der Waals surface area contributed by atoms with Crippen molar-refractivity contribution >= 4 is 17.5 Å². The number of carbonyl (C=O) groups is 1. The molecule has 0 amide bonds. The van der Waals surface area contributed by atoms with E-state index >= 15 is 0 Å². The fraction of sp³-hybridized carbons (Fsp3) is 0.333. The van der Waals surface area contributed by atoms with Crippen LogP contribution in [0.25, 0.3) is 11.3 Å². The average molecular weight is 333 g/mol. The average Bonchev–Trinajstić information content (AvgIpc) is 3.07. The van der Waals surface area contributed by atoms with E-state index in [0.717, 1.165) is 0 Å². The molecule has 2 heterocycles. The van der Waals surface area contributed by atoms with E-state index < -0.39 is 10.9 Å². The Labute approximate surface area is 136 Å². The van der Waals surface area contributed by atoms with Crippen LogP contribution in [-0.4, -0.2) is 49.5 Å². The van der Waals surface area contributed by atoms with Crippen LogP contribution in [-0.2, 0) is 9.47 Å². The summed E-state index contributed by atoms with van der Waals surface area (Å²) in [5.74, 6) is 0.0304. The van der Waals surface area contributed by atoms with Crippen molar-refractivity contribution in [2.45, 2.75) is 0 Å². The molecular weight excluding hydrogens is 318 g/mol. The zero-order valence-corrected chi connectivity index (χ0v) is 12.9. The van der Waals surface area contributed by atoms with Crippen LogP contribution in [0.2, 0.25) is 0 Å².